The van der Waals surface area contributed by atoms with Crippen LogP contribution in [0.3, 0.4) is 0 Å². The molecule has 1 aromatic heterocycles. The Morgan fingerprint density at radius 2 is 1.90 bits per heavy atom. The van der Waals surface area contributed by atoms with Crippen LogP contribution in [0.2, 0.25) is 5.02 Å². The summed E-state index contributed by atoms with van der Waals surface area (Å²) in [4.78, 5) is 13.0. The van der Waals surface area contributed by atoms with Gasteiger partial charge < -0.3 is 4.57 Å². The summed E-state index contributed by atoms with van der Waals surface area (Å²) in [5, 5.41) is 10.4. The van der Waals surface area contributed by atoms with Crippen LogP contribution in [0.1, 0.15) is 25.3 Å². The summed E-state index contributed by atoms with van der Waals surface area (Å²) < 4.78 is 27.8. The van der Waals surface area contributed by atoms with Crippen molar-refractivity contribution in [1.82, 2.24) is 4.57 Å². The number of rotatable bonds is 7. The normalized spacial score (nSPS) is 13.6. The number of benzene rings is 2. The number of Topliss-reactive ketones (excluding diaryl/α,β-unsaturated/α-hetero) is 1. The highest BCUT2D eigenvalue weighted by molar-refractivity contribution is 7.92. The minimum absolute atomic E-state index is 0.131. The third kappa shape index (κ3) is 4.00. The summed E-state index contributed by atoms with van der Waals surface area (Å²) in [6, 6.07) is 16.1. The monoisotopic (exact) mass is 429 g/mol. The Hall–Kier alpha value is -2.82. The first-order chi connectivity index (χ1) is 13.7. The fraction of sp³-hybridized carbons (Fsp3) is 0.238. The Morgan fingerprint density at radius 3 is 2.48 bits per heavy atom. The average molecular weight is 430 g/mol. The van der Waals surface area contributed by atoms with Gasteiger partial charge in [0.15, 0.2) is 5.78 Å². The molecule has 0 radical (unpaired) electrons. The fourth-order valence-corrected chi connectivity index (χ4v) is 4.41. The highest BCUT2D eigenvalue weighted by Crippen LogP contribution is 2.38. The lowest BCUT2D eigenvalue weighted by Gasteiger charge is -2.34. The van der Waals surface area contributed by atoms with Gasteiger partial charge in [-0.15, -0.1) is 0 Å². The van der Waals surface area contributed by atoms with Gasteiger partial charge in [0.05, 0.1) is 23.5 Å². The van der Waals surface area contributed by atoms with Gasteiger partial charge in [0, 0.05) is 23.0 Å². The van der Waals surface area contributed by atoms with Crippen LogP contribution in [0.4, 0.5) is 5.69 Å². The van der Waals surface area contributed by atoms with Crippen LogP contribution in [0.5, 0.6) is 0 Å². The lowest BCUT2D eigenvalue weighted by Crippen LogP contribution is -2.41. The molecule has 3 rings (SSSR count). The number of anilines is 1. The molecule has 1 atom stereocenters. The molecule has 0 spiro atoms. The number of carbonyl (C=O) groups excluding carboxylic acids is 1. The van der Waals surface area contributed by atoms with Gasteiger partial charge in [-0.1, -0.05) is 29.8 Å². The molecule has 0 bridgehead atoms. The molecule has 0 fully saturated rings. The van der Waals surface area contributed by atoms with Crippen molar-refractivity contribution in [2.24, 2.45) is 0 Å². The minimum atomic E-state index is -3.47. The second-order valence-corrected chi connectivity index (χ2v) is 9.06. The number of ketones is 1. The van der Waals surface area contributed by atoms with Crippen molar-refractivity contribution >= 4 is 44.0 Å². The van der Waals surface area contributed by atoms with E-state index in [2.05, 4.69) is 10.8 Å². The number of sulfonamides is 1. The van der Waals surface area contributed by atoms with Crippen LogP contribution in [-0.2, 0) is 20.4 Å². The quantitative estimate of drug-likeness (QED) is 0.605. The number of aromatic nitrogens is 1. The zero-order chi connectivity index (χ0) is 21.2. The SMILES string of the molecule is CC(=O)C(CCC#N)(c1ccc(Cl)cc1)n1ccc2c(NS(C)(=O)=O)cccc21. The zero-order valence-electron chi connectivity index (χ0n) is 16.0. The molecular formula is C21H20ClN3O3S. The molecule has 3 aromatic rings. The molecule has 1 N–H and O–H groups in total. The first-order valence-electron chi connectivity index (χ1n) is 8.91. The van der Waals surface area contributed by atoms with Crippen molar-refractivity contribution in [2.45, 2.75) is 25.3 Å². The first kappa shape index (κ1) is 20.9. The molecule has 29 heavy (non-hydrogen) atoms. The lowest BCUT2D eigenvalue weighted by molar-refractivity contribution is -0.123. The van der Waals surface area contributed by atoms with Gasteiger partial charge in [-0.2, -0.15) is 5.26 Å². The van der Waals surface area contributed by atoms with Gasteiger partial charge in [-0.05, 0) is 49.2 Å². The van der Waals surface area contributed by atoms with Crippen LogP contribution < -0.4 is 4.72 Å². The topological polar surface area (TPSA) is 92.0 Å². The van der Waals surface area contributed by atoms with Crippen molar-refractivity contribution in [1.29, 1.82) is 5.26 Å². The van der Waals surface area contributed by atoms with Crippen LogP contribution in [0.25, 0.3) is 10.9 Å². The summed E-state index contributed by atoms with van der Waals surface area (Å²) in [6.07, 6.45) is 3.28. The van der Waals surface area contributed by atoms with E-state index in [0.717, 1.165) is 6.26 Å². The van der Waals surface area contributed by atoms with Crippen molar-refractivity contribution in [3.05, 3.63) is 65.3 Å². The summed E-state index contributed by atoms with van der Waals surface area (Å²) >= 11 is 6.04. The molecule has 0 saturated heterocycles. The maximum Gasteiger partial charge on any atom is 0.229 e. The van der Waals surface area contributed by atoms with Gasteiger partial charge in [0.1, 0.15) is 5.54 Å². The molecule has 2 aromatic carbocycles. The van der Waals surface area contributed by atoms with E-state index in [1.807, 2.05) is 10.6 Å². The molecule has 1 unspecified atom stereocenters. The largest absolute Gasteiger partial charge is 0.330 e. The standard InChI is InChI=1S/C21H20ClN3O3S/c1-15(26)21(12-4-13-23,16-7-9-17(22)10-8-16)25-14-11-18-19(24-29(2,27)28)5-3-6-20(18)25/h3,5-11,14,24H,4,12H2,1-2H3. The summed E-state index contributed by atoms with van der Waals surface area (Å²) in [6.45, 7) is 1.50. The van der Waals surface area contributed by atoms with E-state index in [-0.39, 0.29) is 18.6 Å². The van der Waals surface area contributed by atoms with E-state index < -0.39 is 15.6 Å². The van der Waals surface area contributed by atoms with Crippen LogP contribution in [0.15, 0.2) is 54.7 Å². The number of halogens is 1. The van der Waals surface area contributed by atoms with E-state index in [1.165, 1.54) is 6.92 Å². The number of carbonyl (C=O) groups is 1. The Labute approximate surface area is 174 Å². The Morgan fingerprint density at radius 1 is 1.21 bits per heavy atom. The van der Waals surface area contributed by atoms with Gasteiger partial charge in [0.2, 0.25) is 10.0 Å². The van der Waals surface area contributed by atoms with Crippen LogP contribution in [0, 0.1) is 11.3 Å². The highest BCUT2D eigenvalue weighted by Gasteiger charge is 2.39. The second-order valence-electron chi connectivity index (χ2n) is 6.88. The van der Waals surface area contributed by atoms with Crippen LogP contribution >= 0.6 is 11.6 Å². The zero-order valence-corrected chi connectivity index (χ0v) is 17.6. The van der Waals surface area contributed by atoms with Gasteiger partial charge >= 0.3 is 0 Å². The molecule has 6 nitrogen and oxygen atoms in total. The maximum absolute atomic E-state index is 13.0. The molecule has 1 heterocycles. The predicted molar refractivity (Wildman–Crippen MR) is 114 cm³/mol. The number of nitrogens with one attached hydrogen (secondary N) is 1. The average Bonchev–Trinajstić information content (AvgIpc) is 3.08. The molecule has 8 heteroatoms. The minimum Gasteiger partial charge on any atom is -0.330 e. The molecule has 0 amide bonds. The Balaban J connectivity index is 2.30. The number of fused-ring (bicyclic) bond motifs is 1. The molecular weight excluding hydrogens is 410 g/mol. The Bertz CT molecular complexity index is 1210. The third-order valence-electron chi connectivity index (χ3n) is 4.94. The number of nitriles is 1. The smallest absolute Gasteiger partial charge is 0.229 e. The van der Waals surface area contributed by atoms with E-state index in [1.54, 1.807) is 48.7 Å². The fourth-order valence-electron chi connectivity index (χ4n) is 3.70. The number of nitrogens with zero attached hydrogens (tertiary/aromatic N) is 2. The molecule has 0 aliphatic rings. The lowest BCUT2D eigenvalue weighted by atomic mass is 9.81. The predicted octanol–water partition coefficient (Wildman–Crippen LogP) is 4.30. The molecule has 150 valence electrons. The summed E-state index contributed by atoms with van der Waals surface area (Å²) in [7, 11) is -3.47. The summed E-state index contributed by atoms with van der Waals surface area (Å²) in [5.41, 5.74) is 0.703. The van der Waals surface area contributed by atoms with E-state index >= 15 is 0 Å². The Kier molecular flexibility index (Phi) is 5.69. The third-order valence-corrected chi connectivity index (χ3v) is 5.79. The van der Waals surface area contributed by atoms with E-state index in [9.17, 15) is 18.5 Å². The van der Waals surface area contributed by atoms with Crippen molar-refractivity contribution in [2.75, 3.05) is 11.0 Å². The summed E-state index contributed by atoms with van der Waals surface area (Å²) in [5.74, 6) is -0.131. The van der Waals surface area contributed by atoms with Gasteiger partial charge in [-0.25, -0.2) is 8.42 Å². The maximum atomic E-state index is 13.0. The van der Waals surface area contributed by atoms with E-state index in [4.69, 9.17) is 11.6 Å². The number of hydrogen-bond acceptors (Lipinski definition) is 4. The first-order valence-corrected chi connectivity index (χ1v) is 11.2. The van der Waals surface area contributed by atoms with E-state index in [0.29, 0.717) is 27.2 Å². The van der Waals surface area contributed by atoms with Gasteiger partial charge in [0.25, 0.3) is 0 Å². The van der Waals surface area contributed by atoms with Gasteiger partial charge in [-0.3, -0.25) is 9.52 Å². The molecule has 0 saturated carbocycles. The highest BCUT2D eigenvalue weighted by atomic mass is 35.5. The molecule has 0 aliphatic carbocycles. The van der Waals surface area contributed by atoms with Crippen molar-refractivity contribution in [3.63, 3.8) is 0 Å². The van der Waals surface area contributed by atoms with Crippen LogP contribution in [-0.4, -0.2) is 25.0 Å². The van der Waals surface area contributed by atoms with Crippen molar-refractivity contribution in [3.8, 4) is 6.07 Å². The number of hydrogen-bond donors (Lipinski definition) is 1. The molecule has 0 aliphatic heterocycles. The van der Waals surface area contributed by atoms with Crippen molar-refractivity contribution < 1.29 is 13.2 Å². The second kappa shape index (κ2) is 7.90.